The number of aromatic amines is 1. The maximum absolute atomic E-state index is 11.6. The monoisotopic (exact) mass is 232 g/mol. The van der Waals surface area contributed by atoms with Gasteiger partial charge in [0.05, 0.1) is 6.61 Å². The Hall–Kier alpha value is -2.24. The van der Waals surface area contributed by atoms with Gasteiger partial charge < -0.3 is 4.74 Å². The number of ether oxygens (including phenoxy) is 1. The zero-order valence-corrected chi connectivity index (χ0v) is 9.60. The van der Waals surface area contributed by atoms with E-state index < -0.39 is 5.97 Å². The number of esters is 1. The molecule has 0 aliphatic rings. The second-order valence-corrected chi connectivity index (χ2v) is 3.43. The molecular formula is C11H12N4O2. The van der Waals surface area contributed by atoms with Crippen LogP contribution in [-0.2, 0) is 4.74 Å². The Balaban J connectivity index is 2.40. The summed E-state index contributed by atoms with van der Waals surface area (Å²) in [5.74, 6) is -0.481. The van der Waals surface area contributed by atoms with Crippen LogP contribution in [0.5, 0.6) is 0 Å². The van der Waals surface area contributed by atoms with Crippen molar-refractivity contribution in [2.45, 2.75) is 13.8 Å². The van der Waals surface area contributed by atoms with Gasteiger partial charge in [0.15, 0.2) is 5.69 Å². The van der Waals surface area contributed by atoms with Gasteiger partial charge in [-0.3, -0.25) is 4.98 Å². The highest BCUT2D eigenvalue weighted by Crippen LogP contribution is 2.20. The van der Waals surface area contributed by atoms with Crippen molar-refractivity contribution in [1.82, 2.24) is 20.4 Å². The molecule has 0 bridgehead atoms. The van der Waals surface area contributed by atoms with Gasteiger partial charge in [0.1, 0.15) is 5.69 Å². The SMILES string of the molecule is CCOC(=O)c1n[nH]nc1-c1ccnc(C)c1. The van der Waals surface area contributed by atoms with E-state index in [9.17, 15) is 4.79 Å². The molecular weight excluding hydrogens is 220 g/mol. The highest BCUT2D eigenvalue weighted by Gasteiger charge is 2.18. The Morgan fingerprint density at radius 2 is 2.29 bits per heavy atom. The highest BCUT2D eigenvalue weighted by atomic mass is 16.5. The molecule has 2 aromatic rings. The molecule has 2 rings (SSSR count). The quantitative estimate of drug-likeness (QED) is 0.808. The van der Waals surface area contributed by atoms with E-state index in [0.29, 0.717) is 12.3 Å². The lowest BCUT2D eigenvalue weighted by Crippen LogP contribution is -2.06. The van der Waals surface area contributed by atoms with Crippen molar-refractivity contribution in [3.8, 4) is 11.3 Å². The van der Waals surface area contributed by atoms with Gasteiger partial charge in [-0.25, -0.2) is 4.79 Å². The van der Waals surface area contributed by atoms with Gasteiger partial charge in [-0.1, -0.05) is 0 Å². The smallest absolute Gasteiger partial charge is 0.361 e. The minimum atomic E-state index is -0.481. The van der Waals surface area contributed by atoms with E-state index in [1.165, 1.54) is 0 Å². The van der Waals surface area contributed by atoms with Crippen LogP contribution in [0.25, 0.3) is 11.3 Å². The Morgan fingerprint density at radius 1 is 1.47 bits per heavy atom. The second kappa shape index (κ2) is 4.73. The molecule has 0 atom stereocenters. The molecule has 0 amide bonds. The molecule has 0 unspecified atom stereocenters. The van der Waals surface area contributed by atoms with Gasteiger partial charge in [0, 0.05) is 17.5 Å². The largest absolute Gasteiger partial charge is 0.461 e. The van der Waals surface area contributed by atoms with Crippen LogP contribution in [0.3, 0.4) is 0 Å². The lowest BCUT2D eigenvalue weighted by Gasteiger charge is -2.01. The van der Waals surface area contributed by atoms with E-state index in [0.717, 1.165) is 11.3 Å². The summed E-state index contributed by atoms with van der Waals surface area (Å²) in [6.07, 6.45) is 1.66. The fourth-order valence-electron chi connectivity index (χ4n) is 1.47. The molecule has 6 heteroatoms. The maximum Gasteiger partial charge on any atom is 0.361 e. The molecule has 0 fully saturated rings. The number of hydrogen-bond donors (Lipinski definition) is 1. The number of H-pyrrole nitrogens is 1. The van der Waals surface area contributed by atoms with Crippen molar-refractivity contribution in [2.75, 3.05) is 6.61 Å². The third-order valence-electron chi connectivity index (χ3n) is 2.19. The lowest BCUT2D eigenvalue weighted by molar-refractivity contribution is 0.0520. The molecule has 0 saturated heterocycles. The van der Waals surface area contributed by atoms with Crippen molar-refractivity contribution in [2.24, 2.45) is 0 Å². The topological polar surface area (TPSA) is 80.8 Å². The number of aryl methyl sites for hydroxylation is 1. The molecule has 17 heavy (non-hydrogen) atoms. The normalized spacial score (nSPS) is 10.2. The molecule has 88 valence electrons. The lowest BCUT2D eigenvalue weighted by atomic mass is 10.1. The van der Waals surface area contributed by atoms with Crippen molar-refractivity contribution in [1.29, 1.82) is 0 Å². The zero-order valence-electron chi connectivity index (χ0n) is 9.60. The highest BCUT2D eigenvalue weighted by molar-refractivity contribution is 5.93. The van der Waals surface area contributed by atoms with E-state index in [4.69, 9.17) is 4.74 Å². The molecule has 0 radical (unpaired) electrons. The summed E-state index contributed by atoms with van der Waals surface area (Å²) in [4.78, 5) is 15.7. The summed E-state index contributed by atoms with van der Waals surface area (Å²) in [7, 11) is 0. The van der Waals surface area contributed by atoms with Crippen molar-refractivity contribution in [3.05, 3.63) is 29.7 Å². The van der Waals surface area contributed by atoms with Gasteiger partial charge in [-0.15, -0.1) is 5.10 Å². The van der Waals surface area contributed by atoms with Crippen LogP contribution < -0.4 is 0 Å². The molecule has 2 aromatic heterocycles. The third-order valence-corrected chi connectivity index (χ3v) is 2.19. The molecule has 1 N–H and O–H groups in total. The van der Waals surface area contributed by atoms with Gasteiger partial charge in [0.25, 0.3) is 0 Å². The summed E-state index contributed by atoms with van der Waals surface area (Å²) in [6, 6.07) is 3.61. The molecule has 0 spiro atoms. The minimum Gasteiger partial charge on any atom is -0.461 e. The van der Waals surface area contributed by atoms with Gasteiger partial charge in [0.2, 0.25) is 0 Å². The fourth-order valence-corrected chi connectivity index (χ4v) is 1.47. The molecule has 0 aromatic carbocycles. The second-order valence-electron chi connectivity index (χ2n) is 3.43. The first-order valence-electron chi connectivity index (χ1n) is 5.23. The van der Waals surface area contributed by atoms with Crippen LogP contribution in [-0.4, -0.2) is 33.0 Å². The van der Waals surface area contributed by atoms with Crippen LogP contribution in [0.4, 0.5) is 0 Å². The van der Waals surface area contributed by atoms with Gasteiger partial charge in [-0.05, 0) is 26.0 Å². The Labute approximate surface area is 98.0 Å². The van der Waals surface area contributed by atoms with Crippen molar-refractivity contribution >= 4 is 5.97 Å². The van der Waals surface area contributed by atoms with Gasteiger partial charge >= 0.3 is 5.97 Å². The predicted molar refractivity (Wildman–Crippen MR) is 60.3 cm³/mol. The molecule has 6 nitrogen and oxygen atoms in total. The number of hydrogen-bond acceptors (Lipinski definition) is 5. The van der Waals surface area contributed by atoms with E-state index in [1.807, 2.05) is 13.0 Å². The zero-order chi connectivity index (χ0) is 12.3. The molecule has 0 aliphatic carbocycles. The maximum atomic E-state index is 11.6. The Kier molecular flexibility index (Phi) is 3.13. The number of nitrogens with one attached hydrogen (secondary N) is 1. The molecule has 0 aliphatic heterocycles. The Bertz CT molecular complexity index is 536. The summed E-state index contributed by atoms with van der Waals surface area (Å²) < 4.78 is 4.90. The summed E-state index contributed by atoms with van der Waals surface area (Å²) >= 11 is 0. The number of carbonyl (C=O) groups is 1. The van der Waals surface area contributed by atoms with Crippen molar-refractivity contribution in [3.63, 3.8) is 0 Å². The molecule has 0 saturated carbocycles. The first kappa shape index (κ1) is 11.3. The number of rotatable bonds is 3. The fraction of sp³-hybridized carbons (Fsp3) is 0.273. The van der Waals surface area contributed by atoms with Crippen LogP contribution >= 0.6 is 0 Å². The first-order valence-corrected chi connectivity index (χ1v) is 5.23. The van der Waals surface area contributed by atoms with E-state index in [-0.39, 0.29) is 5.69 Å². The van der Waals surface area contributed by atoms with Crippen LogP contribution in [0.2, 0.25) is 0 Å². The Morgan fingerprint density at radius 3 is 3.00 bits per heavy atom. The third kappa shape index (κ3) is 2.30. The summed E-state index contributed by atoms with van der Waals surface area (Å²) in [6.45, 7) is 3.92. The van der Waals surface area contributed by atoms with Gasteiger partial charge in [-0.2, -0.15) is 10.3 Å². The van der Waals surface area contributed by atoms with Crippen molar-refractivity contribution < 1.29 is 9.53 Å². The van der Waals surface area contributed by atoms with Crippen LogP contribution in [0.1, 0.15) is 23.1 Å². The predicted octanol–water partition coefficient (Wildman–Crippen LogP) is 1.35. The van der Waals surface area contributed by atoms with E-state index in [1.54, 1.807) is 19.2 Å². The number of nitrogens with zero attached hydrogens (tertiary/aromatic N) is 3. The number of pyridine rings is 1. The first-order chi connectivity index (χ1) is 8.22. The van der Waals surface area contributed by atoms with Crippen LogP contribution in [0.15, 0.2) is 18.3 Å². The van der Waals surface area contributed by atoms with Crippen LogP contribution in [0, 0.1) is 6.92 Å². The average molecular weight is 232 g/mol. The standard InChI is InChI=1S/C11H12N4O2/c1-3-17-11(16)10-9(13-15-14-10)8-4-5-12-7(2)6-8/h4-6H,3H2,1-2H3,(H,13,14,15). The minimum absolute atomic E-state index is 0.192. The average Bonchev–Trinajstić information content (AvgIpc) is 2.78. The summed E-state index contributed by atoms with van der Waals surface area (Å²) in [5.41, 5.74) is 2.31. The molecule has 2 heterocycles. The number of aromatic nitrogens is 4. The van der Waals surface area contributed by atoms with E-state index >= 15 is 0 Å². The number of carbonyl (C=O) groups excluding carboxylic acids is 1. The van der Waals surface area contributed by atoms with E-state index in [2.05, 4.69) is 20.4 Å². The summed E-state index contributed by atoms with van der Waals surface area (Å²) in [5, 5.41) is 10.2.